The second kappa shape index (κ2) is 8.10. The first kappa shape index (κ1) is 18.7. The minimum Gasteiger partial charge on any atom is -0.477 e. The van der Waals surface area contributed by atoms with Crippen molar-refractivity contribution in [2.75, 3.05) is 38.1 Å². The smallest absolute Gasteiger partial charge is 0.343 e. The monoisotopic (exact) mass is 377 g/mol. The molecular formula is C19H24ClN3O3. The molecule has 1 atom stereocenters. The number of carboxylic acids is 1. The maximum atomic E-state index is 11.9. The zero-order valence-electron chi connectivity index (χ0n) is 15.1. The van der Waals surface area contributed by atoms with E-state index >= 15 is 0 Å². The Bertz CT molecular complexity index is 760. The number of carboxylic acid groups (broad SMARTS) is 1. The Morgan fingerprint density at radius 2 is 2.15 bits per heavy atom. The van der Waals surface area contributed by atoms with Gasteiger partial charge in [0, 0.05) is 30.7 Å². The molecule has 2 aromatic rings. The summed E-state index contributed by atoms with van der Waals surface area (Å²) in [5.74, 6) is 0.0776. The molecule has 1 N–H and O–H groups in total. The average molecular weight is 378 g/mol. The van der Waals surface area contributed by atoms with Crippen molar-refractivity contribution in [3.63, 3.8) is 0 Å². The van der Waals surface area contributed by atoms with Gasteiger partial charge in [-0.15, -0.1) is 0 Å². The molecule has 6 nitrogen and oxygen atoms in total. The zero-order valence-corrected chi connectivity index (χ0v) is 15.9. The number of benzene rings is 1. The van der Waals surface area contributed by atoms with E-state index in [2.05, 4.69) is 17.0 Å². The van der Waals surface area contributed by atoms with E-state index in [4.69, 9.17) is 16.1 Å². The van der Waals surface area contributed by atoms with Crippen molar-refractivity contribution in [1.82, 2.24) is 10.1 Å². The van der Waals surface area contributed by atoms with E-state index in [-0.39, 0.29) is 11.3 Å². The van der Waals surface area contributed by atoms with Gasteiger partial charge in [-0.3, -0.25) is 0 Å². The summed E-state index contributed by atoms with van der Waals surface area (Å²) < 4.78 is 5.41. The van der Waals surface area contributed by atoms with Crippen molar-refractivity contribution in [1.29, 1.82) is 0 Å². The van der Waals surface area contributed by atoms with Crippen LogP contribution in [0.15, 0.2) is 28.8 Å². The van der Waals surface area contributed by atoms with Crippen molar-refractivity contribution >= 4 is 23.4 Å². The minimum atomic E-state index is -1.04. The standard InChI is InChI=1S/C19H24ClN3O3/c1-3-23-10-4-5-13(12-23)11-22(2)18-16(19(24)25)17(26-21-18)14-6-8-15(20)9-7-14/h6-9,13H,3-5,10-12H2,1-2H3,(H,24,25). The number of hydrogen-bond donors (Lipinski definition) is 1. The van der Waals surface area contributed by atoms with Gasteiger partial charge < -0.3 is 19.4 Å². The Labute approximate surface area is 158 Å². The summed E-state index contributed by atoms with van der Waals surface area (Å²) in [6.07, 6.45) is 2.32. The third-order valence-electron chi connectivity index (χ3n) is 4.94. The van der Waals surface area contributed by atoms with E-state index < -0.39 is 5.97 Å². The van der Waals surface area contributed by atoms with E-state index in [0.717, 1.165) is 32.6 Å². The molecule has 1 fully saturated rings. The topological polar surface area (TPSA) is 69.8 Å². The molecule has 0 saturated carbocycles. The van der Waals surface area contributed by atoms with E-state index in [1.807, 2.05) is 11.9 Å². The Morgan fingerprint density at radius 3 is 2.81 bits per heavy atom. The van der Waals surface area contributed by atoms with Gasteiger partial charge >= 0.3 is 5.97 Å². The molecule has 0 amide bonds. The van der Waals surface area contributed by atoms with Crippen molar-refractivity contribution in [2.45, 2.75) is 19.8 Å². The third kappa shape index (κ3) is 4.02. The molecular weight excluding hydrogens is 354 g/mol. The summed E-state index contributed by atoms with van der Waals surface area (Å²) in [5.41, 5.74) is 0.742. The number of anilines is 1. The zero-order chi connectivity index (χ0) is 18.7. The van der Waals surface area contributed by atoms with Crippen LogP contribution in [-0.4, -0.2) is 54.4 Å². The molecule has 0 radical (unpaired) electrons. The number of piperidine rings is 1. The van der Waals surface area contributed by atoms with Gasteiger partial charge in [0.05, 0.1) is 0 Å². The van der Waals surface area contributed by atoms with Crippen molar-refractivity contribution in [3.05, 3.63) is 34.9 Å². The Morgan fingerprint density at radius 1 is 1.42 bits per heavy atom. The summed E-state index contributed by atoms with van der Waals surface area (Å²) in [6, 6.07) is 6.88. The molecule has 140 valence electrons. The number of halogens is 1. The van der Waals surface area contributed by atoms with Crippen LogP contribution < -0.4 is 4.90 Å². The number of carbonyl (C=O) groups is 1. The van der Waals surface area contributed by atoms with Crippen LogP contribution in [0.2, 0.25) is 5.02 Å². The Balaban J connectivity index is 1.83. The average Bonchev–Trinajstić information content (AvgIpc) is 3.08. The van der Waals surface area contributed by atoms with Gasteiger partial charge in [-0.1, -0.05) is 23.7 Å². The van der Waals surface area contributed by atoms with Gasteiger partial charge in [-0.25, -0.2) is 4.79 Å². The maximum absolute atomic E-state index is 11.9. The lowest BCUT2D eigenvalue weighted by Crippen LogP contribution is -2.40. The lowest BCUT2D eigenvalue weighted by molar-refractivity contribution is 0.0697. The lowest BCUT2D eigenvalue weighted by atomic mass is 9.97. The van der Waals surface area contributed by atoms with Gasteiger partial charge in [0.2, 0.25) is 0 Å². The predicted molar refractivity (Wildman–Crippen MR) is 102 cm³/mol. The van der Waals surface area contributed by atoms with Gasteiger partial charge in [0.15, 0.2) is 17.1 Å². The summed E-state index contributed by atoms with van der Waals surface area (Å²) in [4.78, 5) is 16.2. The van der Waals surface area contributed by atoms with Crippen LogP contribution in [0.1, 0.15) is 30.1 Å². The summed E-state index contributed by atoms with van der Waals surface area (Å²) in [6.45, 7) is 6.15. The van der Waals surface area contributed by atoms with Crippen LogP contribution in [-0.2, 0) is 0 Å². The molecule has 1 saturated heterocycles. The summed E-state index contributed by atoms with van der Waals surface area (Å²) in [7, 11) is 1.88. The van der Waals surface area contributed by atoms with Crippen molar-refractivity contribution in [2.24, 2.45) is 5.92 Å². The van der Waals surface area contributed by atoms with Crippen LogP contribution in [0, 0.1) is 5.92 Å². The minimum absolute atomic E-state index is 0.0954. The Hall–Kier alpha value is -2.05. The first-order valence-electron chi connectivity index (χ1n) is 8.92. The second-order valence-corrected chi connectivity index (χ2v) is 7.24. The molecule has 0 spiro atoms. The molecule has 0 bridgehead atoms. The Kier molecular flexibility index (Phi) is 5.84. The maximum Gasteiger partial charge on any atom is 0.343 e. The van der Waals surface area contributed by atoms with Gasteiger partial charge in [0.1, 0.15) is 0 Å². The molecule has 2 heterocycles. The van der Waals surface area contributed by atoms with Crippen LogP contribution in [0.25, 0.3) is 11.3 Å². The van der Waals surface area contributed by atoms with Crippen LogP contribution >= 0.6 is 11.6 Å². The van der Waals surface area contributed by atoms with Gasteiger partial charge in [0.25, 0.3) is 0 Å². The number of hydrogen-bond acceptors (Lipinski definition) is 5. The highest BCUT2D eigenvalue weighted by atomic mass is 35.5. The molecule has 0 aliphatic carbocycles. The molecule has 1 aromatic heterocycles. The van der Waals surface area contributed by atoms with E-state index in [0.29, 0.717) is 22.3 Å². The molecule has 7 heteroatoms. The normalized spacial score (nSPS) is 18.0. The third-order valence-corrected chi connectivity index (χ3v) is 5.19. The molecule has 3 rings (SSSR count). The molecule has 1 aliphatic heterocycles. The number of aromatic nitrogens is 1. The van der Waals surface area contributed by atoms with Crippen LogP contribution in [0.4, 0.5) is 5.82 Å². The molecule has 1 aromatic carbocycles. The van der Waals surface area contributed by atoms with Crippen LogP contribution in [0.3, 0.4) is 0 Å². The predicted octanol–water partition coefficient (Wildman–Crippen LogP) is 3.86. The largest absolute Gasteiger partial charge is 0.477 e. The van der Waals surface area contributed by atoms with E-state index in [1.165, 1.54) is 6.42 Å². The SMILES string of the molecule is CCN1CCCC(CN(C)c2noc(-c3ccc(Cl)cc3)c2C(=O)O)C1. The fourth-order valence-corrected chi connectivity index (χ4v) is 3.72. The first-order valence-corrected chi connectivity index (χ1v) is 9.29. The fourth-order valence-electron chi connectivity index (χ4n) is 3.59. The number of likely N-dealkylation sites (tertiary alicyclic amines) is 1. The summed E-state index contributed by atoms with van der Waals surface area (Å²) in [5, 5.41) is 14.4. The van der Waals surface area contributed by atoms with E-state index in [1.54, 1.807) is 24.3 Å². The molecule has 1 unspecified atom stereocenters. The van der Waals surface area contributed by atoms with E-state index in [9.17, 15) is 9.90 Å². The fraction of sp³-hybridized carbons (Fsp3) is 0.474. The summed E-state index contributed by atoms with van der Waals surface area (Å²) >= 11 is 5.91. The molecule has 26 heavy (non-hydrogen) atoms. The quantitative estimate of drug-likeness (QED) is 0.824. The van der Waals surface area contributed by atoms with Gasteiger partial charge in [-0.2, -0.15) is 0 Å². The number of rotatable bonds is 6. The van der Waals surface area contributed by atoms with Crippen molar-refractivity contribution in [3.8, 4) is 11.3 Å². The highest BCUT2D eigenvalue weighted by molar-refractivity contribution is 6.30. The highest BCUT2D eigenvalue weighted by Gasteiger charge is 2.28. The van der Waals surface area contributed by atoms with Crippen LogP contribution in [0.5, 0.6) is 0 Å². The lowest BCUT2D eigenvalue weighted by Gasteiger charge is -2.34. The van der Waals surface area contributed by atoms with Gasteiger partial charge in [-0.05, 0) is 56.1 Å². The number of aromatic carboxylic acids is 1. The molecule has 1 aliphatic rings. The highest BCUT2D eigenvalue weighted by Crippen LogP contribution is 2.32. The first-order chi connectivity index (χ1) is 12.5. The number of nitrogens with zero attached hydrogens (tertiary/aromatic N) is 3. The second-order valence-electron chi connectivity index (χ2n) is 6.80. The van der Waals surface area contributed by atoms with Crippen molar-refractivity contribution < 1.29 is 14.4 Å².